The molecule has 0 aromatic carbocycles. The van der Waals surface area contributed by atoms with E-state index in [0.29, 0.717) is 0 Å². The van der Waals surface area contributed by atoms with Gasteiger partial charge in [-0.2, -0.15) is 21.3 Å². The van der Waals surface area contributed by atoms with Crippen molar-refractivity contribution in [2.75, 3.05) is 30.0 Å². The fraction of sp³-hybridized carbons (Fsp3) is 0.273. The number of nitrogens with two attached hydrogens (primary N) is 1. The zero-order chi connectivity index (χ0) is 12.3. The summed E-state index contributed by atoms with van der Waals surface area (Å²) in [7, 11) is 3.79. The first-order valence-electron chi connectivity index (χ1n) is 5.23. The van der Waals surface area contributed by atoms with E-state index in [2.05, 4.69) is 32.1 Å². The molecule has 0 amide bonds. The molecule has 0 aliphatic carbocycles. The molecule has 0 unspecified atom stereocenters. The van der Waals surface area contributed by atoms with Crippen LogP contribution in [-0.4, -0.2) is 24.1 Å². The zero-order valence-electron chi connectivity index (χ0n) is 9.84. The van der Waals surface area contributed by atoms with Crippen LogP contribution in [0.3, 0.4) is 0 Å². The molecule has 2 aromatic rings. The summed E-state index contributed by atoms with van der Waals surface area (Å²) in [5.74, 6) is 1.82. The first-order valence-corrected chi connectivity index (χ1v) is 6.18. The van der Waals surface area contributed by atoms with Crippen LogP contribution in [0.4, 0.5) is 17.6 Å². The average molecular weight is 249 g/mol. The average Bonchev–Trinajstić information content (AvgIpc) is 2.81. The van der Waals surface area contributed by atoms with E-state index in [1.807, 2.05) is 25.1 Å². The van der Waals surface area contributed by atoms with Crippen LogP contribution in [0, 0.1) is 0 Å². The summed E-state index contributed by atoms with van der Waals surface area (Å²) in [4.78, 5) is 10.3. The smallest absolute Gasteiger partial charge is 0.223 e. The number of hydrogen-bond acceptors (Lipinski definition) is 6. The van der Waals surface area contributed by atoms with E-state index < -0.39 is 0 Å². The molecule has 0 saturated carbocycles. The Morgan fingerprint density at radius 1 is 1.47 bits per heavy atom. The van der Waals surface area contributed by atoms with Crippen molar-refractivity contribution in [3.8, 4) is 0 Å². The molecule has 0 saturated heterocycles. The summed E-state index contributed by atoms with van der Waals surface area (Å²) in [5.41, 5.74) is 6.92. The molecule has 0 fully saturated rings. The number of aromatic nitrogens is 2. The Hall–Kier alpha value is -1.82. The number of nitrogens with zero attached hydrogens (tertiary/aromatic N) is 3. The Balaban J connectivity index is 2.18. The first-order chi connectivity index (χ1) is 8.19. The van der Waals surface area contributed by atoms with Gasteiger partial charge < -0.3 is 16.0 Å². The minimum Gasteiger partial charge on any atom is -0.373 e. The molecular weight excluding hydrogens is 234 g/mol. The Morgan fingerprint density at radius 2 is 2.29 bits per heavy atom. The Morgan fingerprint density at radius 3 is 2.94 bits per heavy atom. The van der Waals surface area contributed by atoms with Gasteiger partial charge in [0.1, 0.15) is 11.6 Å². The lowest BCUT2D eigenvalue weighted by Gasteiger charge is -2.18. The molecule has 0 bridgehead atoms. The van der Waals surface area contributed by atoms with Gasteiger partial charge in [-0.1, -0.05) is 0 Å². The van der Waals surface area contributed by atoms with Crippen molar-refractivity contribution in [2.45, 2.75) is 6.54 Å². The van der Waals surface area contributed by atoms with Gasteiger partial charge in [-0.15, -0.1) is 0 Å². The predicted molar refractivity (Wildman–Crippen MR) is 72.4 cm³/mol. The lowest BCUT2D eigenvalue weighted by atomic mass is 10.3. The maximum absolute atomic E-state index is 5.66. The first kappa shape index (κ1) is 11.7. The highest BCUT2D eigenvalue weighted by Crippen LogP contribution is 2.18. The zero-order valence-corrected chi connectivity index (χ0v) is 10.7. The number of nitrogens with one attached hydrogen (secondary N) is 1. The molecule has 17 heavy (non-hydrogen) atoms. The highest BCUT2D eigenvalue weighted by molar-refractivity contribution is 7.07. The highest BCUT2D eigenvalue weighted by atomic mass is 32.1. The van der Waals surface area contributed by atoms with Gasteiger partial charge in [0.05, 0.1) is 0 Å². The molecule has 0 aliphatic heterocycles. The lowest BCUT2D eigenvalue weighted by molar-refractivity contribution is 0.898. The molecule has 5 nitrogen and oxygen atoms in total. The third-order valence-electron chi connectivity index (χ3n) is 2.38. The van der Waals surface area contributed by atoms with Gasteiger partial charge in [0.15, 0.2) is 0 Å². The van der Waals surface area contributed by atoms with Crippen LogP contribution >= 0.6 is 11.3 Å². The summed E-state index contributed by atoms with van der Waals surface area (Å²) in [6.45, 7) is 0.809. The minimum absolute atomic E-state index is 0.281. The second-order valence-electron chi connectivity index (χ2n) is 3.71. The standard InChI is InChI=1S/C11H15N5S/c1-13-9-5-10(15-11(12)14-9)16(2)6-8-3-4-17-7-8/h3-5,7H,6H2,1-2H3,(H3,12,13,14,15). The van der Waals surface area contributed by atoms with E-state index in [9.17, 15) is 0 Å². The fourth-order valence-electron chi connectivity index (χ4n) is 1.51. The van der Waals surface area contributed by atoms with Crippen molar-refractivity contribution in [3.05, 3.63) is 28.5 Å². The highest BCUT2D eigenvalue weighted by Gasteiger charge is 2.07. The van der Waals surface area contributed by atoms with E-state index in [1.54, 1.807) is 11.3 Å². The van der Waals surface area contributed by atoms with Crippen LogP contribution in [0.2, 0.25) is 0 Å². The van der Waals surface area contributed by atoms with Crippen molar-refractivity contribution in [3.63, 3.8) is 0 Å². The molecule has 0 spiro atoms. The van der Waals surface area contributed by atoms with E-state index in [1.165, 1.54) is 5.56 Å². The number of rotatable bonds is 4. The van der Waals surface area contributed by atoms with Crippen molar-refractivity contribution in [2.24, 2.45) is 0 Å². The van der Waals surface area contributed by atoms with Crippen molar-refractivity contribution < 1.29 is 0 Å². The van der Waals surface area contributed by atoms with Crippen LogP contribution < -0.4 is 16.0 Å². The van der Waals surface area contributed by atoms with Gasteiger partial charge in [-0.3, -0.25) is 0 Å². The van der Waals surface area contributed by atoms with Crippen LogP contribution in [0.1, 0.15) is 5.56 Å². The quantitative estimate of drug-likeness (QED) is 0.865. The van der Waals surface area contributed by atoms with E-state index in [0.717, 1.165) is 18.2 Å². The molecule has 0 aliphatic rings. The molecular formula is C11H15N5S. The fourth-order valence-corrected chi connectivity index (χ4v) is 2.17. The third-order valence-corrected chi connectivity index (χ3v) is 3.11. The van der Waals surface area contributed by atoms with Gasteiger partial charge in [0.2, 0.25) is 5.95 Å². The number of nitrogen functional groups attached to an aromatic ring is 1. The lowest BCUT2D eigenvalue weighted by Crippen LogP contribution is -2.18. The van der Waals surface area contributed by atoms with Gasteiger partial charge in [0, 0.05) is 26.7 Å². The number of anilines is 3. The summed E-state index contributed by atoms with van der Waals surface area (Å²) in [6.07, 6.45) is 0. The molecule has 2 aromatic heterocycles. The van der Waals surface area contributed by atoms with Crippen molar-refractivity contribution in [1.29, 1.82) is 0 Å². The molecule has 0 radical (unpaired) electrons. The largest absolute Gasteiger partial charge is 0.373 e. The number of hydrogen-bond donors (Lipinski definition) is 2. The van der Waals surface area contributed by atoms with Crippen molar-refractivity contribution in [1.82, 2.24) is 9.97 Å². The van der Waals surface area contributed by atoms with Crippen LogP contribution in [0.5, 0.6) is 0 Å². The summed E-state index contributed by atoms with van der Waals surface area (Å²) in [5, 5.41) is 7.16. The van der Waals surface area contributed by atoms with Gasteiger partial charge in [-0.25, -0.2) is 0 Å². The Labute approximate surface area is 104 Å². The molecule has 0 atom stereocenters. The summed E-state index contributed by atoms with van der Waals surface area (Å²) in [6, 6.07) is 3.98. The SMILES string of the molecule is CNc1cc(N(C)Cc2ccsc2)nc(N)n1. The Bertz CT molecular complexity index is 483. The topological polar surface area (TPSA) is 67.1 Å². The maximum Gasteiger partial charge on any atom is 0.223 e. The van der Waals surface area contributed by atoms with Crippen LogP contribution in [-0.2, 0) is 6.54 Å². The number of thiophene rings is 1. The molecule has 2 rings (SSSR count). The molecule has 6 heteroatoms. The van der Waals surface area contributed by atoms with E-state index in [4.69, 9.17) is 5.73 Å². The van der Waals surface area contributed by atoms with E-state index in [-0.39, 0.29) is 5.95 Å². The van der Waals surface area contributed by atoms with Crippen molar-refractivity contribution >= 4 is 28.9 Å². The predicted octanol–water partition coefficient (Wildman–Crippen LogP) is 1.80. The summed E-state index contributed by atoms with van der Waals surface area (Å²) < 4.78 is 0. The molecule has 90 valence electrons. The van der Waals surface area contributed by atoms with Gasteiger partial charge >= 0.3 is 0 Å². The molecule has 2 heterocycles. The maximum atomic E-state index is 5.66. The summed E-state index contributed by atoms with van der Waals surface area (Å²) >= 11 is 1.69. The normalized spacial score (nSPS) is 10.2. The van der Waals surface area contributed by atoms with Crippen LogP contribution in [0.25, 0.3) is 0 Å². The minimum atomic E-state index is 0.281. The van der Waals surface area contributed by atoms with Gasteiger partial charge in [0.25, 0.3) is 0 Å². The monoisotopic (exact) mass is 249 g/mol. The molecule has 3 N–H and O–H groups in total. The second-order valence-corrected chi connectivity index (χ2v) is 4.49. The Kier molecular flexibility index (Phi) is 3.43. The third kappa shape index (κ3) is 2.85. The van der Waals surface area contributed by atoms with E-state index >= 15 is 0 Å². The van der Waals surface area contributed by atoms with Crippen LogP contribution in [0.15, 0.2) is 22.9 Å². The van der Waals surface area contributed by atoms with Gasteiger partial charge in [-0.05, 0) is 22.4 Å². The second kappa shape index (κ2) is 5.01.